The molecule has 0 spiro atoms. The van der Waals surface area contributed by atoms with Gasteiger partial charge in [0.2, 0.25) is 5.13 Å². The van der Waals surface area contributed by atoms with Gasteiger partial charge in [-0.25, -0.2) is 4.39 Å². The van der Waals surface area contributed by atoms with Crippen LogP contribution in [0.3, 0.4) is 0 Å². The average molecular weight is 400 g/mol. The second-order valence-corrected chi connectivity index (χ2v) is 6.76. The van der Waals surface area contributed by atoms with E-state index in [1.807, 2.05) is 0 Å². The summed E-state index contributed by atoms with van der Waals surface area (Å²) in [4.78, 5) is 24.2. The van der Waals surface area contributed by atoms with Crippen molar-refractivity contribution in [2.24, 2.45) is 0 Å². The van der Waals surface area contributed by atoms with Gasteiger partial charge in [-0.3, -0.25) is 14.9 Å². The first-order valence-corrected chi connectivity index (χ1v) is 9.18. The third-order valence-electron chi connectivity index (χ3n) is 3.75. The van der Waals surface area contributed by atoms with Crippen LogP contribution in [0.4, 0.5) is 9.52 Å². The van der Waals surface area contributed by atoms with Crippen molar-refractivity contribution in [1.82, 2.24) is 15.5 Å². The lowest BCUT2D eigenvalue weighted by Gasteiger charge is -2.05. The minimum atomic E-state index is -0.411. The lowest BCUT2D eigenvalue weighted by molar-refractivity contribution is 0.0953. The molecule has 7 nitrogen and oxygen atoms in total. The molecule has 2 amide bonds. The van der Waals surface area contributed by atoms with Crippen LogP contribution >= 0.6 is 11.3 Å². The van der Waals surface area contributed by atoms with Crippen LogP contribution in [0.25, 0.3) is 0 Å². The Kier molecular flexibility index (Phi) is 6.28. The Bertz CT molecular complexity index is 975. The molecule has 9 heteroatoms. The fourth-order valence-corrected chi connectivity index (χ4v) is 3.06. The van der Waals surface area contributed by atoms with Crippen LogP contribution in [-0.2, 0) is 6.42 Å². The van der Waals surface area contributed by atoms with E-state index in [1.165, 1.54) is 35.6 Å². The van der Waals surface area contributed by atoms with Gasteiger partial charge in [-0.15, -0.1) is 10.2 Å². The van der Waals surface area contributed by atoms with Crippen LogP contribution in [0.1, 0.15) is 25.7 Å². The topological polar surface area (TPSA) is 93.2 Å². The van der Waals surface area contributed by atoms with E-state index in [-0.39, 0.29) is 5.91 Å². The van der Waals surface area contributed by atoms with Gasteiger partial charge in [0.15, 0.2) is 0 Å². The minimum absolute atomic E-state index is 0.215. The second-order valence-electron chi connectivity index (χ2n) is 5.70. The van der Waals surface area contributed by atoms with Crippen molar-refractivity contribution in [2.75, 3.05) is 19.0 Å². The van der Waals surface area contributed by atoms with Crippen molar-refractivity contribution < 1.29 is 18.7 Å². The molecule has 0 radical (unpaired) electrons. The number of halogens is 1. The highest BCUT2D eigenvalue weighted by Gasteiger charge is 2.11. The van der Waals surface area contributed by atoms with Crippen LogP contribution in [0.15, 0.2) is 48.5 Å². The highest BCUT2D eigenvalue weighted by atomic mass is 32.1. The first-order chi connectivity index (χ1) is 13.5. The summed E-state index contributed by atoms with van der Waals surface area (Å²) >= 11 is 1.21. The molecule has 0 unspecified atom stereocenters. The summed E-state index contributed by atoms with van der Waals surface area (Å²) in [7, 11) is 1.54. The van der Waals surface area contributed by atoms with Gasteiger partial charge in [0.05, 0.1) is 7.11 Å². The summed E-state index contributed by atoms with van der Waals surface area (Å²) < 4.78 is 18.0. The Morgan fingerprint density at radius 2 is 1.86 bits per heavy atom. The minimum Gasteiger partial charge on any atom is -0.497 e. The molecule has 28 heavy (non-hydrogen) atoms. The number of carbonyl (C=O) groups excluding carboxylic acids is 2. The standard InChI is InChI=1S/C19H17FN4O3S/c1-27-15-4-2-3-13(11-15)17(25)21-10-9-16-23-24-19(28-16)22-18(26)12-5-7-14(20)8-6-12/h2-8,11H,9-10H2,1H3,(H,21,25)(H,22,24,26). The molecule has 2 aromatic carbocycles. The molecule has 0 aliphatic carbocycles. The normalized spacial score (nSPS) is 10.4. The predicted molar refractivity (Wildman–Crippen MR) is 103 cm³/mol. The Balaban J connectivity index is 1.49. The summed E-state index contributed by atoms with van der Waals surface area (Å²) in [5.74, 6) is -0.411. The molecule has 0 aliphatic heterocycles. The number of benzene rings is 2. The summed E-state index contributed by atoms with van der Waals surface area (Å²) in [6.07, 6.45) is 0.472. The molecular weight excluding hydrogens is 383 g/mol. The van der Waals surface area contributed by atoms with E-state index >= 15 is 0 Å². The highest BCUT2D eigenvalue weighted by molar-refractivity contribution is 7.15. The first kappa shape index (κ1) is 19.4. The van der Waals surface area contributed by atoms with Gasteiger partial charge in [0.25, 0.3) is 11.8 Å². The number of hydrogen-bond acceptors (Lipinski definition) is 6. The number of aromatic nitrogens is 2. The number of nitrogens with zero attached hydrogens (tertiary/aromatic N) is 2. The smallest absolute Gasteiger partial charge is 0.257 e. The van der Waals surface area contributed by atoms with Crippen LogP contribution < -0.4 is 15.4 Å². The van der Waals surface area contributed by atoms with Crippen molar-refractivity contribution >= 4 is 28.3 Å². The quantitative estimate of drug-likeness (QED) is 0.636. The Hall–Kier alpha value is -3.33. The van der Waals surface area contributed by atoms with E-state index in [9.17, 15) is 14.0 Å². The number of ether oxygens (including phenoxy) is 1. The fourth-order valence-electron chi connectivity index (χ4n) is 2.33. The molecule has 0 bridgehead atoms. The molecular formula is C19H17FN4O3S. The summed E-state index contributed by atoms with van der Waals surface area (Å²) in [6, 6.07) is 12.1. The van der Waals surface area contributed by atoms with Gasteiger partial charge in [-0.2, -0.15) is 0 Å². The van der Waals surface area contributed by atoms with Crippen LogP contribution in [0, 0.1) is 5.82 Å². The van der Waals surface area contributed by atoms with Crippen LogP contribution in [0.2, 0.25) is 0 Å². The molecule has 0 aliphatic rings. The molecule has 3 rings (SSSR count). The van der Waals surface area contributed by atoms with Crippen LogP contribution in [0.5, 0.6) is 5.75 Å². The average Bonchev–Trinajstić information content (AvgIpc) is 3.15. The lowest BCUT2D eigenvalue weighted by atomic mass is 10.2. The Morgan fingerprint density at radius 3 is 2.61 bits per heavy atom. The Labute approximate surface area is 164 Å². The van der Waals surface area contributed by atoms with Crippen molar-refractivity contribution in [3.63, 3.8) is 0 Å². The zero-order chi connectivity index (χ0) is 19.9. The SMILES string of the molecule is COc1cccc(C(=O)NCCc2nnc(NC(=O)c3ccc(F)cc3)s2)c1. The second kappa shape index (κ2) is 9.05. The van der Waals surface area contributed by atoms with Gasteiger partial charge in [0, 0.05) is 24.1 Å². The zero-order valence-electron chi connectivity index (χ0n) is 14.9. The molecule has 1 heterocycles. The fraction of sp³-hybridized carbons (Fsp3) is 0.158. The van der Waals surface area contributed by atoms with E-state index in [4.69, 9.17) is 4.74 Å². The molecule has 0 saturated heterocycles. The maximum absolute atomic E-state index is 12.9. The molecule has 2 N–H and O–H groups in total. The molecule has 0 saturated carbocycles. The number of nitrogens with one attached hydrogen (secondary N) is 2. The largest absolute Gasteiger partial charge is 0.497 e. The summed E-state index contributed by atoms with van der Waals surface area (Å²) in [5.41, 5.74) is 0.826. The van der Waals surface area contributed by atoms with Gasteiger partial charge < -0.3 is 10.1 Å². The predicted octanol–water partition coefficient (Wildman–Crippen LogP) is 2.91. The molecule has 0 atom stereocenters. The van der Waals surface area contributed by atoms with Gasteiger partial charge in [-0.1, -0.05) is 17.4 Å². The van der Waals surface area contributed by atoms with E-state index in [2.05, 4.69) is 20.8 Å². The van der Waals surface area contributed by atoms with Gasteiger partial charge in [-0.05, 0) is 42.5 Å². The Morgan fingerprint density at radius 1 is 1.07 bits per heavy atom. The maximum atomic E-state index is 12.9. The summed E-state index contributed by atoms with van der Waals surface area (Å²) in [6.45, 7) is 0.372. The van der Waals surface area contributed by atoms with Crippen LogP contribution in [-0.4, -0.2) is 35.7 Å². The van der Waals surface area contributed by atoms with E-state index < -0.39 is 11.7 Å². The molecule has 1 aromatic heterocycles. The number of rotatable bonds is 7. The van der Waals surface area contributed by atoms with Crippen molar-refractivity contribution in [2.45, 2.75) is 6.42 Å². The lowest BCUT2D eigenvalue weighted by Crippen LogP contribution is -2.25. The van der Waals surface area contributed by atoms with Crippen molar-refractivity contribution in [3.05, 3.63) is 70.5 Å². The zero-order valence-corrected chi connectivity index (χ0v) is 15.8. The number of methoxy groups -OCH3 is 1. The van der Waals surface area contributed by atoms with E-state index in [0.717, 1.165) is 0 Å². The molecule has 144 valence electrons. The molecule has 0 fully saturated rings. The highest BCUT2D eigenvalue weighted by Crippen LogP contribution is 2.17. The maximum Gasteiger partial charge on any atom is 0.257 e. The van der Waals surface area contributed by atoms with E-state index in [0.29, 0.717) is 40.0 Å². The first-order valence-electron chi connectivity index (χ1n) is 8.36. The molecule has 3 aromatic rings. The number of amides is 2. The number of carbonyl (C=O) groups is 2. The van der Waals surface area contributed by atoms with Crippen molar-refractivity contribution in [3.8, 4) is 5.75 Å². The monoisotopic (exact) mass is 400 g/mol. The van der Waals surface area contributed by atoms with Gasteiger partial charge in [0.1, 0.15) is 16.6 Å². The third-order valence-corrected chi connectivity index (χ3v) is 4.65. The number of hydrogen-bond donors (Lipinski definition) is 2. The van der Waals surface area contributed by atoms with Gasteiger partial charge >= 0.3 is 0 Å². The van der Waals surface area contributed by atoms with Crippen molar-refractivity contribution in [1.29, 1.82) is 0 Å². The number of anilines is 1. The summed E-state index contributed by atoms with van der Waals surface area (Å²) in [5, 5.41) is 14.3. The third kappa shape index (κ3) is 5.10. The van der Waals surface area contributed by atoms with E-state index in [1.54, 1.807) is 31.4 Å².